The van der Waals surface area contributed by atoms with E-state index in [1.807, 2.05) is 0 Å². The van der Waals surface area contributed by atoms with Crippen molar-refractivity contribution in [2.75, 3.05) is 16.8 Å². The maximum Gasteiger partial charge on any atom is 0.416 e. The maximum absolute atomic E-state index is 12.7. The van der Waals surface area contributed by atoms with E-state index in [9.17, 15) is 31.1 Å². The van der Waals surface area contributed by atoms with Crippen molar-refractivity contribution in [1.29, 1.82) is 0 Å². The van der Waals surface area contributed by atoms with E-state index in [-0.39, 0.29) is 11.4 Å². The van der Waals surface area contributed by atoms with Crippen LogP contribution in [0.1, 0.15) is 5.56 Å². The maximum atomic E-state index is 12.7. The molecular formula is C14H10F6N2OS. The second kappa shape index (κ2) is 6.71. The van der Waals surface area contributed by atoms with Gasteiger partial charge in [-0.15, -0.1) is 0 Å². The number of hydrogen-bond donors (Lipinski definition) is 1. The molecule has 0 spiro atoms. The monoisotopic (exact) mass is 368 g/mol. The van der Waals surface area contributed by atoms with Gasteiger partial charge in [0.2, 0.25) is 0 Å². The highest BCUT2D eigenvalue weighted by atomic mass is 32.1. The predicted molar refractivity (Wildman–Crippen MR) is 78.2 cm³/mol. The van der Waals surface area contributed by atoms with Crippen molar-refractivity contribution < 1.29 is 31.1 Å². The van der Waals surface area contributed by atoms with Crippen LogP contribution in [0.2, 0.25) is 0 Å². The number of alkyl halides is 6. The molecule has 3 nitrogen and oxygen atoms in total. The van der Waals surface area contributed by atoms with Gasteiger partial charge in [0.1, 0.15) is 6.54 Å². The first-order valence-electron chi connectivity index (χ1n) is 6.41. The second-order valence-corrected chi connectivity index (χ2v) is 5.47. The van der Waals surface area contributed by atoms with Gasteiger partial charge >= 0.3 is 18.4 Å². The fourth-order valence-electron chi connectivity index (χ4n) is 1.83. The van der Waals surface area contributed by atoms with Gasteiger partial charge in [-0.05, 0) is 29.6 Å². The summed E-state index contributed by atoms with van der Waals surface area (Å²) in [5.41, 5.74) is -1.27. The molecule has 1 aromatic heterocycles. The van der Waals surface area contributed by atoms with Gasteiger partial charge in [0.15, 0.2) is 0 Å². The van der Waals surface area contributed by atoms with E-state index in [0.29, 0.717) is 11.0 Å². The van der Waals surface area contributed by atoms with E-state index < -0.39 is 30.5 Å². The third-order valence-electron chi connectivity index (χ3n) is 2.84. The van der Waals surface area contributed by atoms with E-state index in [0.717, 1.165) is 29.5 Å². The van der Waals surface area contributed by atoms with Crippen LogP contribution in [-0.4, -0.2) is 18.8 Å². The fraction of sp³-hybridized carbons (Fsp3) is 0.214. The number of carbonyl (C=O) groups is 1. The lowest BCUT2D eigenvalue weighted by atomic mass is 10.2. The van der Waals surface area contributed by atoms with E-state index in [2.05, 4.69) is 5.32 Å². The van der Waals surface area contributed by atoms with Crippen LogP contribution in [-0.2, 0) is 6.18 Å². The Morgan fingerprint density at radius 2 is 1.83 bits per heavy atom. The van der Waals surface area contributed by atoms with Gasteiger partial charge in [-0.1, -0.05) is 6.07 Å². The molecule has 1 N–H and O–H groups in total. The number of amides is 2. The molecule has 2 rings (SSSR count). The largest absolute Gasteiger partial charge is 0.416 e. The van der Waals surface area contributed by atoms with E-state index >= 15 is 0 Å². The van der Waals surface area contributed by atoms with Crippen molar-refractivity contribution in [1.82, 2.24) is 0 Å². The number of nitrogens with one attached hydrogen (secondary N) is 1. The molecule has 0 bridgehead atoms. The predicted octanol–water partition coefficient (Wildman–Crippen LogP) is 5.37. The van der Waals surface area contributed by atoms with Gasteiger partial charge in [-0.2, -0.15) is 37.7 Å². The summed E-state index contributed by atoms with van der Waals surface area (Å²) in [4.78, 5) is 12.5. The van der Waals surface area contributed by atoms with Gasteiger partial charge in [-0.25, -0.2) is 4.79 Å². The van der Waals surface area contributed by atoms with Crippen molar-refractivity contribution in [3.8, 4) is 0 Å². The second-order valence-electron chi connectivity index (χ2n) is 4.69. The average molecular weight is 368 g/mol. The van der Waals surface area contributed by atoms with Crippen LogP contribution in [0.4, 0.5) is 42.5 Å². The Bertz CT molecular complexity index is 696. The number of thiophene rings is 1. The van der Waals surface area contributed by atoms with E-state index in [4.69, 9.17) is 0 Å². The first kappa shape index (κ1) is 18.1. The summed E-state index contributed by atoms with van der Waals surface area (Å²) in [6.07, 6.45) is -9.28. The highest BCUT2D eigenvalue weighted by Crippen LogP contribution is 2.31. The van der Waals surface area contributed by atoms with Crippen molar-refractivity contribution in [2.24, 2.45) is 0 Å². The molecule has 2 aromatic rings. The molecule has 0 aliphatic carbocycles. The summed E-state index contributed by atoms with van der Waals surface area (Å²) in [5.74, 6) is 0. The molecule has 0 saturated carbocycles. The summed E-state index contributed by atoms with van der Waals surface area (Å²) < 4.78 is 75.9. The third kappa shape index (κ3) is 4.88. The Morgan fingerprint density at radius 1 is 1.12 bits per heavy atom. The van der Waals surface area contributed by atoms with Gasteiger partial charge in [-0.3, -0.25) is 4.90 Å². The van der Waals surface area contributed by atoms with Crippen LogP contribution in [0.3, 0.4) is 0 Å². The number of urea groups is 1. The van der Waals surface area contributed by atoms with E-state index in [1.165, 1.54) is 16.8 Å². The molecule has 1 heterocycles. The lowest BCUT2D eigenvalue weighted by Crippen LogP contribution is -2.41. The quantitative estimate of drug-likeness (QED) is 0.726. The molecule has 0 saturated heterocycles. The SMILES string of the molecule is O=C(Nc1cccc(C(F)(F)F)c1)N(CC(F)(F)F)c1ccsc1. The zero-order valence-corrected chi connectivity index (χ0v) is 12.6. The average Bonchev–Trinajstić information content (AvgIpc) is 2.97. The number of rotatable bonds is 3. The first-order chi connectivity index (χ1) is 11.1. The molecule has 10 heteroatoms. The summed E-state index contributed by atoms with van der Waals surface area (Å²) in [6, 6.07) is 3.79. The highest BCUT2D eigenvalue weighted by molar-refractivity contribution is 7.08. The van der Waals surface area contributed by atoms with Crippen LogP contribution < -0.4 is 10.2 Å². The van der Waals surface area contributed by atoms with Gasteiger partial charge in [0.25, 0.3) is 0 Å². The van der Waals surface area contributed by atoms with Gasteiger partial charge in [0.05, 0.1) is 11.3 Å². The Hall–Kier alpha value is -2.23. The molecular weight excluding hydrogens is 358 g/mol. The standard InChI is InChI=1S/C14H10F6N2OS/c15-13(16,17)8-22(11-4-5-24-7-11)12(23)21-10-3-1-2-9(6-10)14(18,19)20/h1-7H,8H2,(H,21,23). The Kier molecular flexibility index (Phi) is 5.07. The van der Waals surface area contributed by atoms with E-state index in [1.54, 1.807) is 0 Å². The topological polar surface area (TPSA) is 32.3 Å². The van der Waals surface area contributed by atoms with Gasteiger partial charge in [0, 0.05) is 11.1 Å². The molecule has 0 aliphatic heterocycles. The third-order valence-corrected chi connectivity index (χ3v) is 3.51. The number of hydrogen-bond acceptors (Lipinski definition) is 2. The molecule has 24 heavy (non-hydrogen) atoms. The van der Waals surface area contributed by atoms with Crippen LogP contribution >= 0.6 is 11.3 Å². The Morgan fingerprint density at radius 3 is 2.38 bits per heavy atom. The molecule has 0 unspecified atom stereocenters. The lowest BCUT2D eigenvalue weighted by Gasteiger charge is -2.23. The van der Waals surface area contributed by atoms with Crippen molar-refractivity contribution in [3.63, 3.8) is 0 Å². The minimum Gasteiger partial charge on any atom is -0.308 e. The number of benzene rings is 1. The van der Waals surface area contributed by atoms with Crippen LogP contribution in [0, 0.1) is 0 Å². The lowest BCUT2D eigenvalue weighted by molar-refractivity contribution is -0.137. The zero-order chi connectivity index (χ0) is 18.0. The molecule has 0 atom stereocenters. The Balaban J connectivity index is 2.22. The summed E-state index contributed by atoms with van der Waals surface area (Å²) in [6.45, 7) is -1.56. The highest BCUT2D eigenvalue weighted by Gasteiger charge is 2.34. The van der Waals surface area contributed by atoms with Crippen LogP contribution in [0.15, 0.2) is 41.1 Å². The van der Waals surface area contributed by atoms with Crippen LogP contribution in [0.5, 0.6) is 0 Å². The molecule has 1 aromatic carbocycles. The smallest absolute Gasteiger partial charge is 0.308 e. The number of halogens is 6. The fourth-order valence-corrected chi connectivity index (χ4v) is 2.48. The Labute approximate surface area is 136 Å². The number of nitrogens with zero attached hydrogens (tertiary/aromatic N) is 1. The first-order valence-corrected chi connectivity index (χ1v) is 7.35. The van der Waals surface area contributed by atoms with Crippen molar-refractivity contribution in [2.45, 2.75) is 12.4 Å². The molecule has 0 radical (unpaired) electrons. The normalized spacial score (nSPS) is 12.1. The summed E-state index contributed by atoms with van der Waals surface area (Å²) in [5, 5.41) is 4.87. The summed E-state index contributed by atoms with van der Waals surface area (Å²) in [7, 11) is 0. The minimum atomic E-state index is -4.66. The minimum absolute atomic E-state index is 0.00167. The molecule has 0 aliphatic rings. The number of carbonyl (C=O) groups excluding carboxylic acids is 1. The molecule has 130 valence electrons. The zero-order valence-electron chi connectivity index (χ0n) is 11.8. The van der Waals surface area contributed by atoms with Gasteiger partial charge < -0.3 is 5.32 Å². The van der Waals surface area contributed by atoms with Crippen molar-refractivity contribution >= 4 is 28.7 Å². The summed E-state index contributed by atoms with van der Waals surface area (Å²) >= 11 is 1.09. The molecule has 0 fully saturated rings. The number of anilines is 2. The van der Waals surface area contributed by atoms with Crippen LogP contribution in [0.25, 0.3) is 0 Å². The van der Waals surface area contributed by atoms with Crippen molar-refractivity contribution in [3.05, 3.63) is 46.7 Å². The molecule has 2 amide bonds.